The molecule has 34 heavy (non-hydrogen) atoms. The lowest BCUT2D eigenvalue weighted by atomic mass is 10.2. The third kappa shape index (κ3) is 5.46. The number of alkyl halides is 3. The van der Waals surface area contributed by atoms with E-state index in [0.717, 1.165) is 34.4 Å². The molecule has 2 aromatic heterocycles. The molecule has 0 bridgehead atoms. The Morgan fingerprint density at radius 2 is 1.91 bits per heavy atom. The predicted molar refractivity (Wildman–Crippen MR) is 121 cm³/mol. The first-order chi connectivity index (χ1) is 16.3. The zero-order chi connectivity index (χ0) is 24.1. The summed E-state index contributed by atoms with van der Waals surface area (Å²) < 4.78 is 51.9. The molecule has 178 valence electrons. The van der Waals surface area contributed by atoms with Crippen LogP contribution in [0.3, 0.4) is 0 Å². The van der Waals surface area contributed by atoms with Gasteiger partial charge in [0.2, 0.25) is 0 Å². The van der Waals surface area contributed by atoms with Gasteiger partial charge < -0.3 is 24.5 Å². The number of nitrogens with zero attached hydrogens (tertiary/aromatic N) is 3. The van der Waals surface area contributed by atoms with E-state index in [1.807, 2.05) is 29.8 Å². The Morgan fingerprint density at radius 3 is 2.68 bits per heavy atom. The molecule has 7 nitrogen and oxygen atoms in total. The fourth-order valence-corrected chi connectivity index (χ4v) is 3.48. The van der Waals surface area contributed by atoms with E-state index in [4.69, 9.17) is 14.6 Å². The molecule has 0 saturated carbocycles. The van der Waals surface area contributed by atoms with Crippen LogP contribution in [0.2, 0.25) is 0 Å². The van der Waals surface area contributed by atoms with Gasteiger partial charge in [-0.05, 0) is 55.0 Å². The number of aliphatic hydroxyl groups excluding tert-OH is 1. The first-order valence-electron chi connectivity index (χ1n) is 10.6. The van der Waals surface area contributed by atoms with E-state index in [1.165, 1.54) is 18.5 Å². The minimum atomic E-state index is -4.44. The molecule has 0 unspecified atom stereocenters. The number of aromatic nitrogens is 3. The van der Waals surface area contributed by atoms with E-state index in [0.29, 0.717) is 24.7 Å². The maximum absolute atomic E-state index is 13.0. The SMILES string of the molecule is Cc1cc(Nc2ncnc3ccn(CCOCCO)c23)ccc1Oc1cccc(C(F)(F)F)c1. The molecule has 0 saturated heterocycles. The summed E-state index contributed by atoms with van der Waals surface area (Å²) in [6, 6.07) is 11.9. The van der Waals surface area contributed by atoms with Gasteiger partial charge >= 0.3 is 6.18 Å². The number of anilines is 2. The number of aliphatic hydroxyl groups is 1. The summed E-state index contributed by atoms with van der Waals surface area (Å²) in [5.74, 6) is 1.16. The van der Waals surface area contributed by atoms with Crippen LogP contribution >= 0.6 is 0 Å². The normalized spacial score (nSPS) is 11.7. The molecule has 4 rings (SSSR count). The fourth-order valence-electron chi connectivity index (χ4n) is 3.48. The van der Waals surface area contributed by atoms with Crippen LogP contribution in [0, 0.1) is 6.92 Å². The lowest BCUT2D eigenvalue weighted by Gasteiger charge is -2.14. The van der Waals surface area contributed by atoms with E-state index >= 15 is 0 Å². The summed E-state index contributed by atoms with van der Waals surface area (Å²) in [6.45, 7) is 3.04. The Labute approximate surface area is 193 Å². The van der Waals surface area contributed by atoms with Crippen molar-refractivity contribution in [3.05, 3.63) is 72.2 Å². The number of hydrogen-bond donors (Lipinski definition) is 2. The Balaban J connectivity index is 1.52. The number of nitrogens with one attached hydrogen (secondary N) is 1. The van der Waals surface area contributed by atoms with Crippen molar-refractivity contribution >= 4 is 22.5 Å². The van der Waals surface area contributed by atoms with Crippen molar-refractivity contribution in [2.75, 3.05) is 25.1 Å². The monoisotopic (exact) mass is 472 g/mol. The zero-order valence-corrected chi connectivity index (χ0v) is 18.3. The Bertz CT molecular complexity index is 1270. The van der Waals surface area contributed by atoms with E-state index in [-0.39, 0.29) is 19.0 Å². The van der Waals surface area contributed by atoms with Gasteiger partial charge in [-0.1, -0.05) is 6.07 Å². The number of ether oxygens (including phenoxy) is 2. The molecule has 10 heteroatoms. The molecular weight excluding hydrogens is 449 g/mol. The van der Waals surface area contributed by atoms with E-state index < -0.39 is 11.7 Å². The minimum Gasteiger partial charge on any atom is -0.457 e. The summed E-state index contributed by atoms with van der Waals surface area (Å²) in [6.07, 6.45) is -1.08. The number of rotatable bonds is 9. The van der Waals surface area contributed by atoms with Crippen LogP contribution in [0.1, 0.15) is 11.1 Å². The molecule has 0 fully saturated rings. The van der Waals surface area contributed by atoms with Gasteiger partial charge in [-0.3, -0.25) is 0 Å². The van der Waals surface area contributed by atoms with Crippen LogP contribution in [-0.2, 0) is 17.5 Å². The Morgan fingerprint density at radius 1 is 1.06 bits per heavy atom. The molecule has 0 aliphatic carbocycles. The van der Waals surface area contributed by atoms with Gasteiger partial charge in [0.1, 0.15) is 23.3 Å². The number of hydrogen-bond acceptors (Lipinski definition) is 6. The summed E-state index contributed by atoms with van der Waals surface area (Å²) in [5, 5.41) is 12.1. The second-order valence-corrected chi connectivity index (χ2v) is 7.53. The number of halogens is 3. The Hall–Kier alpha value is -3.63. The van der Waals surface area contributed by atoms with E-state index in [2.05, 4.69) is 15.3 Å². The van der Waals surface area contributed by atoms with Crippen LogP contribution < -0.4 is 10.1 Å². The summed E-state index contributed by atoms with van der Waals surface area (Å²) in [7, 11) is 0. The molecular formula is C24H23F3N4O3. The average Bonchev–Trinajstić information content (AvgIpc) is 3.22. The van der Waals surface area contributed by atoms with Crippen molar-refractivity contribution in [3.8, 4) is 11.5 Å². The maximum Gasteiger partial charge on any atom is 0.416 e. The molecule has 2 aromatic carbocycles. The van der Waals surface area contributed by atoms with Crippen LogP contribution in [0.25, 0.3) is 11.0 Å². The van der Waals surface area contributed by atoms with Gasteiger partial charge in [0.05, 0.1) is 30.9 Å². The molecule has 4 aromatic rings. The second kappa shape index (κ2) is 10.1. The quantitative estimate of drug-likeness (QED) is 0.322. The molecule has 0 radical (unpaired) electrons. The number of aryl methyl sites for hydroxylation is 1. The van der Waals surface area contributed by atoms with Crippen molar-refractivity contribution in [1.29, 1.82) is 0 Å². The zero-order valence-electron chi connectivity index (χ0n) is 18.3. The molecule has 0 aliphatic rings. The lowest BCUT2D eigenvalue weighted by molar-refractivity contribution is -0.137. The van der Waals surface area contributed by atoms with E-state index in [9.17, 15) is 13.2 Å². The smallest absolute Gasteiger partial charge is 0.416 e. The van der Waals surface area contributed by atoms with Gasteiger partial charge in [0.25, 0.3) is 0 Å². The summed E-state index contributed by atoms with van der Waals surface area (Å²) in [4.78, 5) is 8.67. The highest BCUT2D eigenvalue weighted by Gasteiger charge is 2.30. The van der Waals surface area contributed by atoms with Crippen LogP contribution in [-0.4, -0.2) is 39.5 Å². The lowest BCUT2D eigenvalue weighted by Crippen LogP contribution is -2.09. The maximum atomic E-state index is 13.0. The van der Waals surface area contributed by atoms with Crippen LogP contribution in [0.15, 0.2) is 61.1 Å². The van der Waals surface area contributed by atoms with Gasteiger partial charge in [-0.15, -0.1) is 0 Å². The van der Waals surface area contributed by atoms with E-state index in [1.54, 1.807) is 12.1 Å². The van der Waals surface area contributed by atoms with Gasteiger partial charge in [0.15, 0.2) is 5.82 Å². The largest absolute Gasteiger partial charge is 0.457 e. The molecule has 0 aliphatic heterocycles. The summed E-state index contributed by atoms with van der Waals surface area (Å²) in [5.41, 5.74) is 2.27. The van der Waals surface area contributed by atoms with Crippen molar-refractivity contribution in [2.45, 2.75) is 19.6 Å². The molecule has 2 N–H and O–H groups in total. The standard InChI is InChI=1S/C24H23F3N4O3/c1-16-13-18(5-6-21(16)34-19-4-2-3-17(14-19)24(25,26)27)30-23-22-20(28-15-29-23)7-8-31(22)9-11-33-12-10-32/h2-8,13-15,32H,9-12H2,1H3,(H,28,29,30). The molecule has 0 atom stereocenters. The van der Waals surface area contributed by atoms with Gasteiger partial charge in [-0.25, -0.2) is 9.97 Å². The van der Waals surface area contributed by atoms with Crippen molar-refractivity contribution < 1.29 is 27.8 Å². The first kappa shape index (κ1) is 23.5. The third-order valence-corrected chi connectivity index (χ3v) is 5.09. The minimum absolute atomic E-state index is 0.0326. The molecule has 0 amide bonds. The third-order valence-electron chi connectivity index (χ3n) is 5.09. The predicted octanol–water partition coefficient (Wildman–Crippen LogP) is 5.30. The average molecular weight is 472 g/mol. The van der Waals surface area contributed by atoms with Gasteiger partial charge in [0, 0.05) is 18.4 Å². The van der Waals surface area contributed by atoms with Crippen molar-refractivity contribution in [2.24, 2.45) is 0 Å². The Kier molecular flexibility index (Phi) is 6.99. The highest BCUT2D eigenvalue weighted by molar-refractivity contribution is 5.88. The molecule has 2 heterocycles. The summed E-state index contributed by atoms with van der Waals surface area (Å²) >= 11 is 0. The van der Waals surface area contributed by atoms with Crippen molar-refractivity contribution in [1.82, 2.24) is 14.5 Å². The number of fused-ring (bicyclic) bond motifs is 1. The van der Waals surface area contributed by atoms with Crippen molar-refractivity contribution in [3.63, 3.8) is 0 Å². The highest BCUT2D eigenvalue weighted by Crippen LogP contribution is 2.34. The first-order valence-corrected chi connectivity index (χ1v) is 10.6. The molecule has 0 spiro atoms. The second-order valence-electron chi connectivity index (χ2n) is 7.53. The fraction of sp³-hybridized carbons (Fsp3) is 0.250. The topological polar surface area (TPSA) is 81.4 Å². The van der Waals surface area contributed by atoms with Gasteiger partial charge in [-0.2, -0.15) is 13.2 Å². The van der Waals surface area contributed by atoms with Crippen LogP contribution in [0.4, 0.5) is 24.7 Å². The number of benzene rings is 2. The van der Waals surface area contributed by atoms with Crippen LogP contribution in [0.5, 0.6) is 11.5 Å². The highest BCUT2D eigenvalue weighted by atomic mass is 19.4.